The Kier molecular flexibility index (Phi) is 5.27. The highest BCUT2D eigenvalue weighted by molar-refractivity contribution is 6.04. The molecule has 0 spiro atoms. The van der Waals surface area contributed by atoms with Crippen molar-refractivity contribution in [1.29, 1.82) is 0 Å². The van der Waals surface area contributed by atoms with Gasteiger partial charge in [0.25, 0.3) is 5.91 Å². The molecule has 0 fully saturated rings. The summed E-state index contributed by atoms with van der Waals surface area (Å²) in [6, 6.07) is 14.2. The van der Waals surface area contributed by atoms with Gasteiger partial charge >= 0.3 is 0 Å². The van der Waals surface area contributed by atoms with E-state index in [1.165, 1.54) is 18.0 Å². The summed E-state index contributed by atoms with van der Waals surface area (Å²) in [5.41, 5.74) is 5.71. The lowest BCUT2D eigenvalue weighted by atomic mass is 10.1. The first kappa shape index (κ1) is 17.6. The van der Waals surface area contributed by atoms with Gasteiger partial charge in [-0.3, -0.25) is 4.79 Å². The van der Waals surface area contributed by atoms with Crippen LogP contribution in [0.2, 0.25) is 0 Å². The molecule has 0 atom stereocenters. The number of amides is 1. The van der Waals surface area contributed by atoms with Gasteiger partial charge in [-0.1, -0.05) is 42.0 Å². The molecule has 0 aliphatic carbocycles. The Morgan fingerprint density at radius 2 is 1.69 bits per heavy atom. The van der Waals surface area contributed by atoms with Gasteiger partial charge in [-0.15, -0.1) is 0 Å². The number of aromatic nitrogens is 2. The summed E-state index contributed by atoms with van der Waals surface area (Å²) in [6.45, 7) is 6.65. The average molecular weight is 346 g/mol. The molecule has 0 radical (unpaired) electrons. The Balaban J connectivity index is 1.63. The SMILES string of the molecule is Cc1cccc(CNc2ncc(C(=O)Nc3cc(C)ccc3C)cn2)c1. The Labute approximate surface area is 153 Å². The van der Waals surface area contributed by atoms with Gasteiger partial charge in [0.15, 0.2) is 0 Å². The highest BCUT2D eigenvalue weighted by Crippen LogP contribution is 2.17. The summed E-state index contributed by atoms with van der Waals surface area (Å²) in [4.78, 5) is 20.9. The lowest BCUT2D eigenvalue weighted by Gasteiger charge is -2.10. The minimum atomic E-state index is -0.219. The van der Waals surface area contributed by atoms with E-state index in [1.807, 2.05) is 44.2 Å². The number of carbonyl (C=O) groups excluding carboxylic acids is 1. The van der Waals surface area contributed by atoms with E-state index in [0.717, 1.165) is 22.4 Å². The molecule has 1 aromatic heterocycles. The number of rotatable bonds is 5. The third-order valence-electron chi connectivity index (χ3n) is 4.09. The van der Waals surface area contributed by atoms with Crippen molar-refractivity contribution in [2.75, 3.05) is 10.6 Å². The van der Waals surface area contributed by atoms with Crippen LogP contribution in [0, 0.1) is 20.8 Å². The third-order valence-corrected chi connectivity index (χ3v) is 4.09. The summed E-state index contributed by atoms with van der Waals surface area (Å²) in [6.07, 6.45) is 3.07. The molecule has 3 rings (SSSR count). The second-order valence-corrected chi connectivity index (χ2v) is 6.41. The lowest BCUT2D eigenvalue weighted by molar-refractivity contribution is 0.102. The number of carbonyl (C=O) groups is 1. The first-order valence-electron chi connectivity index (χ1n) is 8.51. The summed E-state index contributed by atoms with van der Waals surface area (Å²) < 4.78 is 0. The van der Waals surface area contributed by atoms with Crippen molar-refractivity contribution >= 4 is 17.5 Å². The van der Waals surface area contributed by atoms with Crippen molar-refractivity contribution in [2.45, 2.75) is 27.3 Å². The molecule has 0 aliphatic heterocycles. The normalized spacial score (nSPS) is 10.4. The van der Waals surface area contributed by atoms with E-state index < -0.39 is 0 Å². The van der Waals surface area contributed by atoms with Crippen molar-refractivity contribution in [3.8, 4) is 0 Å². The summed E-state index contributed by atoms with van der Waals surface area (Å²) in [5.74, 6) is 0.277. The molecule has 132 valence electrons. The van der Waals surface area contributed by atoms with Crippen LogP contribution >= 0.6 is 0 Å². The zero-order valence-corrected chi connectivity index (χ0v) is 15.2. The number of benzene rings is 2. The summed E-state index contributed by atoms with van der Waals surface area (Å²) in [7, 11) is 0. The first-order chi connectivity index (χ1) is 12.5. The van der Waals surface area contributed by atoms with Crippen LogP contribution in [0.15, 0.2) is 54.9 Å². The van der Waals surface area contributed by atoms with Crippen molar-refractivity contribution in [3.63, 3.8) is 0 Å². The molecule has 1 amide bonds. The molecule has 0 saturated carbocycles. The largest absolute Gasteiger partial charge is 0.350 e. The molecule has 3 aromatic rings. The molecular weight excluding hydrogens is 324 g/mol. The molecule has 0 saturated heterocycles. The second kappa shape index (κ2) is 7.78. The number of aryl methyl sites for hydroxylation is 3. The van der Waals surface area contributed by atoms with E-state index in [1.54, 1.807) is 0 Å². The number of anilines is 2. The van der Waals surface area contributed by atoms with E-state index in [-0.39, 0.29) is 5.91 Å². The third kappa shape index (κ3) is 4.45. The van der Waals surface area contributed by atoms with Crippen LogP contribution in [0.4, 0.5) is 11.6 Å². The minimum absolute atomic E-state index is 0.219. The van der Waals surface area contributed by atoms with Crippen LogP contribution in [-0.2, 0) is 6.54 Å². The van der Waals surface area contributed by atoms with Crippen LogP contribution < -0.4 is 10.6 Å². The maximum atomic E-state index is 12.4. The molecular formula is C21H22N4O. The Morgan fingerprint density at radius 3 is 2.42 bits per heavy atom. The molecule has 0 aliphatic rings. The maximum Gasteiger partial charge on any atom is 0.258 e. The van der Waals surface area contributed by atoms with E-state index in [4.69, 9.17) is 0 Å². The van der Waals surface area contributed by atoms with Crippen molar-refractivity contribution in [2.24, 2.45) is 0 Å². The zero-order valence-electron chi connectivity index (χ0n) is 15.2. The monoisotopic (exact) mass is 346 g/mol. The lowest BCUT2D eigenvalue weighted by Crippen LogP contribution is -2.14. The smallest absolute Gasteiger partial charge is 0.258 e. The topological polar surface area (TPSA) is 66.9 Å². The second-order valence-electron chi connectivity index (χ2n) is 6.41. The van der Waals surface area contributed by atoms with Crippen LogP contribution in [0.1, 0.15) is 32.6 Å². The van der Waals surface area contributed by atoms with E-state index >= 15 is 0 Å². The standard InChI is InChI=1S/C21H22N4O/c1-14-5-4-6-17(9-14)11-22-21-23-12-18(13-24-21)20(26)25-19-10-15(2)7-8-16(19)3/h4-10,12-13H,11H2,1-3H3,(H,25,26)(H,22,23,24). The Hall–Kier alpha value is -3.21. The minimum Gasteiger partial charge on any atom is -0.350 e. The first-order valence-corrected chi connectivity index (χ1v) is 8.51. The molecule has 5 nitrogen and oxygen atoms in total. The quantitative estimate of drug-likeness (QED) is 0.724. The van der Waals surface area contributed by atoms with Crippen LogP contribution in [-0.4, -0.2) is 15.9 Å². The molecule has 5 heteroatoms. The Morgan fingerprint density at radius 1 is 0.962 bits per heavy atom. The van der Waals surface area contributed by atoms with E-state index in [9.17, 15) is 4.79 Å². The Bertz CT molecular complexity index is 920. The van der Waals surface area contributed by atoms with Gasteiger partial charge in [0.05, 0.1) is 5.56 Å². The van der Waals surface area contributed by atoms with Gasteiger partial charge in [-0.25, -0.2) is 9.97 Å². The highest BCUT2D eigenvalue weighted by Gasteiger charge is 2.09. The fourth-order valence-corrected chi connectivity index (χ4v) is 2.60. The molecule has 0 bridgehead atoms. The molecule has 0 unspecified atom stereocenters. The van der Waals surface area contributed by atoms with Gasteiger partial charge in [0, 0.05) is 24.6 Å². The predicted octanol–water partition coefficient (Wildman–Crippen LogP) is 4.27. The fourth-order valence-electron chi connectivity index (χ4n) is 2.60. The number of nitrogens with one attached hydrogen (secondary N) is 2. The summed E-state index contributed by atoms with van der Waals surface area (Å²) in [5, 5.41) is 6.08. The van der Waals surface area contributed by atoms with Crippen molar-refractivity contribution < 1.29 is 4.79 Å². The number of hydrogen-bond acceptors (Lipinski definition) is 4. The maximum absolute atomic E-state index is 12.4. The van der Waals surface area contributed by atoms with E-state index in [2.05, 4.69) is 39.7 Å². The van der Waals surface area contributed by atoms with Crippen LogP contribution in [0.5, 0.6) is 0 Å². The van der Waals surface area contributed by atoms with Crippen molar-refractivity contribution in [1.82, 2.24) is 9.97 Å². The predicted molar refractivity (Wildman–Crippen MR) is 104 cm³/mol. The van der Waals surface area contributed by atoms with Gasteiger partial charge in [-0.05, 0) is 43.5 Å². The van der Waals surface area contributed by atoms with Gasteiger partial charge in [0.1, 0.15) is 0 Å². The highest BCUT2D eigenvalue weighted by atomic mass is 16.1. The van der Waals surface area contributed by atoms with Gasteiger partial charge < -0.3 is 10.6 Å². The van der Waals surface area contributed by atoms with Crippen LogP contribution in [0.25, 0.3) is 0 Å². The zero-order chi connectivity index (χ0) is 18.5. The van der Waals surface area contributed by atoms with E-state index in [0.29, 0.717) is 18.1 Å². The van der Waals surface area contributed by atoms with Crippen molar-refractivity contribution in [3.05, 3.63) is 82.7 Å². The fraction of sp³-hybridized carbons (Fsp3) is 0.190. The van der Waals surface area contributed by atoms with Crippen LogP contribution in [0.3, 0.4) is 0 Å². The van der Waals surface area contributed by atoms with Gasteiger partial charge in [-0.2, -0.15) is 0 Å². The molecule has 2 N–H and O–H groups in total. The molecule has 26 heavy (non-hydrogen) atoms. The molecule has 1 heterocycles. The van der Waals surface area contributed by atoms with Gasteiger partial charge in [0.2, 0.25) is 5.95 Å². The summed E-state index contributed by atoms with van der Waals surface area (Å²) >= 11 is 0. The average Bonchev–Trinajstić information content (AvgIpc) is 2.63. The number of nitrogens with zero attached hydrogens (tertiary/aromatic N) is 2. The number of hydrogen-bond donors (Lipinski definition) is 2. The molecule has 2 aromatic carbocycles.